The molecule has 0 aliphatic rings. The number of fused-ring (bicyclic) bond motifs is 1. The van der Waals surface area contributed by atoms with E-state index in [1.807, 2.05) is 38.1 Å². The zero-order chi connectivity index (χ0) is 14.9. The van der Waals surface area contributed by atoms with Gasteiger partial charge in [-0.2, -0.15) is 0 Å². The van der Waals surface area contributed by atoms with Gasteiger partial charge in [0, 0.05) is 9.86 Å². The van der Waals surface area contributed by atoms with Crippen LogP contribution in [0.5, 0.6) is 0 Å². The van der Waals surface area contributed by atoms with Gasteiger partial charge in [-0.15, -0.1) is 0 Å². The van der Waals surface area contributed by atoms with Gasteiger partial charge in [0.1, 0.15) is 5.69 Å². The summed E-state index contributed by atoms with van der Waals surface area (Å²) in [5.41, 5.74) is 1.32. The van der Waals surface area contributed by atoms with Crippen molar-refractivity contribution in [2.24, 2.45) is 0 Å². The number of pyridine rings is 1. The molecule has 0 saturated carbocycles. The number of hydrogen-bond acceptors (Lipinski definition) is 3. The Bertz CT molecular complexity index is 663. The number of rotatable bonds is 4. The van der Waals surface area contributed by atoms with Crippen LogP contribution in [0.4, 0.5) is 5.69 Å². The summed E-state index contributed by atoms with van der Waals surface area (Å²) in [6, 6.07) is 7.58. The molecule has 0 fully saturated rings. The van der Waals surface area contributed by atoms with Gasteiger partial charge in [0.2, 0.25) is 0 Å². The highest BCUT2D eigenvalue weighted by atomic mass is 79.9. The molecule has 2 aromatic rings. The Kier molecular flexibility index (Phi) is 4.64. The molecule has 0 radical (unpaired) electrons. The lowest BCUT2D eigenvalue weighted by Gasteiger charge is -2.25. The van der Waals surface area contributed by atoms with Crippen LogP contribution >= 0.6 is 27.5 Å². The van der Waals surface area contributed by atoms with Gasteiger partial charge in [-0.25, -0.2) is 9.71 Å². The van der Waals surface area contributed by atoms with E-state index in [-0.39, 0.29) is 5.15 Å². The highest BCUT2D eigenvalue weighted by Gasteiger charge is 2.29. The van der Waals surface area contributed by atoms with E-state index in [9.17, 15) is 4.55 Å². The second kappa shape index (κ2) is 5.93. The first-order valence-electron chi connectivity index (χ1n) is 5.92. The summed E-state index contributed by atoms with van der Waals surface area (Å²) in [6.07, 6.45) is 1.65. The van der Waals surface area contributed by atoms with Crippen LogP contribution in [0.25, 0.3) is 10.9 Å². The van der Waals surface area contributed by atoms with Gasteiger partial charge in [-0.05, 0) is 48.0 Å². The largest absolute Gasteiger partial charge is 0.592 e. The van der Waals surface area contributed by atoms with E-state index in [4.69, 9.17) is 11.6 Å². The lowest BCUT2D eigenvalue weighted by Crippen LogP contribution is -2.34. The fourth-order valence-corrected chi connectivity index (χ4v) is 3.00. The Hall–Kier alpha value is -0.750. The number of para-hydroxylation sites is 1. The first kappa shape index (κ1) is 15.6. The van der Waals surface area contributed by atoms with Crippen LogP contribution in [0.15, 0.2) is 41.4 Å². The smallest absolute Gasteiger partial charge is 0.162 e. The highest BCUT2D eigenvalue weighted by Crippen LogP contribution is 2.31. The van der Waals surface area contributed by atoms with Gasteiger partial charge in [0.15, 0.2) is 9.90 Å². The number of halogens is 2. The minimum Gasteiger partial charge on any atom is -0.592 e. The monoisotopic (exact) mass is 372 g/mol. The third-order valence-electron chi connectivity index (χ3n) is 2.92. The van der Waals surface area contributed by atoms with Gasteiger partial charge in [-0.3, -0.25) is 0 Å². The molecule has 106 valence electrons. The summed E-state index contributed by atoms with van der Waals surface area (Å²) in [5.74, 6) is 0. The molecular formula is C14H14BrClN2OS. The lowest BCUT2D eigenvalue weighted by molar-refractivity contribution is 0.577. The maximum Gasteiger partial charge on any atom is 0.162 e. The Morgan fingerprint density at radius 1 is 1.50 bits per heavy atom. The molecule has 20 heavy (non-hydrogen) atoms. The molecule has 3 nitrogen and oxygen atoms in total. The quantitative estimate of drug-likeness (QED) is 0.480. The minimum atomic E-state index is -1.34. The van der Waals surface area contributed by atoms with Gasteiger partial charge in [0.25, 0.3) is 0 Å². The van der Waals surface area contributed by atoms with Crippen molar-refractivity contribution in [2.75, 3.05) is 4.72 Å². The molecule has 0 bridgehead atoms. The maximum absolute atomic E-state index is 12.3. The molecule has 2 rings (SSSR count). The van der Waals surface area contributed by atoms with E-state index in [0.29, 0.717) is 5.69 Å². The maximum atomic E-state index is 12.3. The zero-order valence-electron chi connectivity index (χ0n) is 11.1. The van der Waals surface area contributed by atoms with Gasteiger partial charge >= 0.3 is 0 Å². The van der Waals surface area contributed by atoms with Crippen LogP contribution in [0.1, 0.15) is 13.8 Å². The molecule has 1 heterocycles. The molecule has 1 atom stereocenters. The Balaban J connectivity index is 2.41. The first-order valence-corrected chi connectivity index (χ1v) is 8.24. The van der Waals surface area contributed by atoms with Crippen molar-refractivity contribution in [1.82, 2.24) is 4.98 Å². The lowest BCUT2D eigenvalue weighted by atomic mass is 10.2. The fraction of sp³-hybridized carbons (Fsp3) is 0.214. The molecule has 1 aromatic carbocycles. The minimum absolute atomic E-state index is 0.289. The van der Waals surface area contributed by atoms with Crippen molar-refractivity contribution in [3.63, 3.8) is 0 Å². The van der Waals surface area contributed by atoms with Crippen molar-refractivity contribution in [3.05, 3.63) is 46.5 Å². The second-order valence-electron chi connectivity index (χ2n) is 4.82. The number of aromatic nitrogens is 1. The van der Waals surface area contributed by atoms with Crippen molar-refractivity contribution in [3.8, 4) is 0 Å². The second-order valence-corrected chi connectivity index (χ2v) is 7.82. The fourth-order valence-electron chi connectivity index (χ4n) is 1.52. The van der Waals surface area contributed by atoms with Crippen LogP contribution in [-0.4, -0.2) is 14.3 Å². The van der Waals surface area contributed by atoms with Gasteiger partial charge in [-0.1, -0.05) is 30.3 Å². The molecule has 0 saturated heterocycles. The Labute approximate surface area is 134 Å². The number of nitrogens with zero attached hydrogens (tertiary/aromatic N) is 1. The van der Waals surface area contributed by atoms with E-state index >= 15 is 0 Å². The number of nitrogens with one attached hydrogen (secondary N) is 1. The zero-order valence-corrected chi connectivity index (χ0v) is 14.3. The summed E-state index contributed by atoms with van der Waals surface area (Å²) in [4.78, 5) is 4.33. The Morgan fingerprint density at radius 3 is 2.85 bits per heavy atom. The molecule has 6 heteroatoms. The van der Waals surface area contributed by atoms with E-state index in [1.54, 1.807) is 6.08 Å². The van der Waals surface area contributed by atoms with E-state index in [1.165, 1.54) is 0 Å². The van der Waals surface area contributed by atoms with Gasteiger partial charge in [0.05, 0.1) is 16.9 Å². The van der Waals surface area contributed by atoms with Crippen LogP contribution in [0, 0.1) is 0 Å². The summed E-state index contributed by atoms with van der Waals surface area (Å²) in [5, 5.41) is 1.21. The summed E-state index contributed by atoms with van der Waals surface area (Å²) in [7, 11) is 0. The topological polar surface area (TPSA) is 48.0 Å². The van der Waals surface area contributed by atoms with Crippen molar-refractivity contribution >= 4 is 55.5 Å². The average Bonchev–Trinajstić information content (AvgIpc) is 2.40. The number of benzene rings is 1. The molecule has 0 aliphatic heterocycles. The van der Waals surface area contributed by atoms with Crippen molar-refractivity contribution in [2.45, 2.75) is 18.6 Å². The normalized spacial score (nSPS) is 13.2. The number of hydrogen-bond donors (Lipinski definition) is 1. The van der Waals surface area contributed by atoms with Gasteiger partial charge < -0.3 is 4.55 Å². The van der Waals surface area contributed by atoms with E-state index < -0.39 is 16.1 Å². The third-order valence-corrected chi connectivity index (χ3v) is 5.38. The van der Waals surface area contributed by atoms with Crippen LogP contribution < -0.4 is 4.72 Å². The van der Waals surface area contributed by atoms with Crippen LogP contribution in [-0.2, 0) is 11.4 Å². The summed E-state index contributed by atoms with van der Waals surface area (Å²) < 4.78 is 15.5. The first-order chi connectivity index (χ1) is 9.35. The molecule has 1 unspecified atom stereocenters. The molecule has 0 amide bonds. The van der Waals surface area contributed by atoms with Crippen LogP contribution in [0.3, 0.4) is 0 Å². The van der Waals surface area contributed by atoms with Crippen LogP contribution in [0.2, 0.25) is 5.15 Å². The molecule has 0 spiro atoms. The van der Waals surface area contributed by atoms with E-state index in [0.717, 1.165) is 15.4 Å². The number of anilines is 1. The van der Waals surface area contributed by atoms with Crippen molar-refractivity contribution < 1.29 is 4.55 Å². The molecule has 0 aliphatic carbocycles. The Morgan fingerprint density at radius 2 is 2.20 bits per heavy atom. The molecule has 1 N–H and O–H groups in total. The standard InChI is InChI=1S/C14H14BrClN2OS/c1-4-14(2,3)20(19)18-11-8-9-6-5-7-10(15)12(9)17-13(11)16/h4-8,18H,1H2,2-3H3. The molecule has 1 aromatic heterocycles. The highest BCUT2D eigenvalue weighted by molar-refractivity contribution is 9.10. The predicted octanol–water partition coefficient (Wildman–Crippen LogP) is 4.69. The predicted molar refractivity (Wildman–Crippen MR) is 90.5 cm³/mol. The summed E-state index contributed by atoms with van der Waals surface area (Å²) >= 11 is 8.25. The third kappa shape index (κ3) is 3.11. The summed E-state index contributed by atoms with van der Waals surface area (Å²) in [6.45, 7) is 7.36. The SMILES string of the molecule is C=CC(C)(C)[S+]([O-])Nc1cc2cccc(Br)c2nc1Cl. The van der Waals surface area contributed by atoms with Crippen molar-refractivity contribution in [1.29, 1.82) is 0 Å². The molecular weight excluding hydrogens is 360 g/mol. The average molecular weight is 374 g/mol. The van der Waals surface area contributed by atoms with E-state index in [2.05, 4.69) is 32.2 Å².